The standard InChI is InChI=1S/C20H27N3O5S/c1-22(2)18(20-4-3-11-28-20)14-21-15-19(24)16-5-7-17(8-6-16)29(25,26)23-9-12-27-13-10-23/h3-8,11,18,21H,9-10,12-15H2,1-2H3. The van der Waals surface area contributed by atoms with Crippen LogP contribution in [0.2, 0.25) is 0 Å². The second-order valence-electron chi connectivity index (χ2n) is 7.09. The number of nitrogens with one attached hydrogen (secondary N) is 1. The van der Waals surface area contributed by atoms with Gasteiger partial charge in [0.2, 0.25) is 10.0 Å². The summed E-state index contributed by atoms with van der Waals surface area (Å²) in [6.45, 7) is 2.18. The highest BCUT2D eigenvalue weighted by molar-refractivity contribution is 7.89. The fourth-order valence-electron chi connectivity index (χ4n) is 3.19. The molecule has 0 radical (unpaired) electrons. The molecule has 0 amide bonds. The molecule has 1 unspecified atom stereocenters. The zero-order valence-electron chi connectivity index (χ0n) is 16.7. The number of carbonyl (C=O) groups excluding carboxylic acids is 1. The third-order valence-electron chi connectivity index (χ3n) is 4.90. The molecule has 1 aromatic heterocycles. The van der Waals surface area contributed by atoms with Gasteiger partial charge in [-0.05, 0) is 38.4 Å². The van der Waals surface area contributed by atoms with Crippen molar-refractivity contribution in [3.05, 3.63) is 54.0 Å². The van der Waals surface area contributed by atoms with E-state index in [9.17, 15) is 13.2 Å². The lowest BCUT2D eigenvalue weighted by Crippen LogP contribution is -2.40. The molecule has 8 nitrogen and oxygen atoms in total. The molecule has 158 valence electrons. The average Bonchev–Trinajstić information content (AvgIpc) is 3.26. The van der Waals surface area contributed by atoms with Crippen molar-refractivity contribution in [2.45, 2.75) is 10.9 Å². The number of ketones is 1. The Labute approximate surface area is 171 Å². The second-order valence-corrected chi connectivity index (χ2v) is 9.03. The Morgan fingerprint density at radius 2 is 1.86 bits per heavy atom. The SMILES string of the molecule is CN(C)C(CNCC(=O)c1ccc(S(=O)(=O)N2CCOCC2)cc1)c1ccco1. The van der Waals surface area contributed by atoms with Crippen molar-refractivity contribution >= 4 is 15.8 Å². The van der Waals surface area contributed by atoms with Crippen LogP contribution in [0, 0.1) is 0 Å². The third-order valence-corrected chi connectivity index (χ3v) is 6.82. The largest absolute Gasteiger partial charge is 0.468 e. The first-order valence-corrected chi connectivity index (χ1v) is 11.0. The second kappa shape index (κ2) is 9.64. The van der Waals surface area contributed by atoms with Gasteiger partial charge in [-0.15, -0.1) is 0 Å². The van der Waals surface area contributed by atoms with Crippen molar-refractivity contribution in [2.75, 3.05) is 53.5 Å². The summed E-state index contributed by atoms with van der Waals surface area (Å²) in [6.07, 6.45) is 1.63. The fraction of sp³-hybridized carbons (Fsp3) is 0.450. The van der Waals surface area contributed by atoms with Crippen LogP contribution in [0.25, 0.3) is 0 Å². The number of carbonyl (C=O) groups is 1. The maximum Gasteiger partial charge on any atom is 0.243 e. The normalized spacial score (nSPS) is 16.8. The molecule has 0 bridgehead atoms. The molecule has 1 atom stereocenters. The molecule has 2 aromatic rings. The fourth-order valence-corrected chi connectivity index (χ4v) is 4.60. The van der Waals surface area contributed by atoms with Gasteiger partial charge in [0.25, 0.3) is 0 Å². The summed E-state index contributed by atoms with van der Waals surface area (Å²) in [7, 11) is 0.341. The van der Waals surface area contributed by atoms with E-state index >= 15 is 0 Å². The smallest absolute Gasteiger partial charge is 0.243 e. The molecular formula is C20H27N3O5S. The van der Waals surface area contributed by atoms with Gasteiger partial charge in [0.15, 0.2) is 5.78 Å². The summed E-state index contributed by atoms with van der Waals surface area (Å²) >= 11 is 0. The number of hydrogen-bond donors (Lipinski definition) is 1. The Morgan fingerprint density at radius 3 is 2.45 bits per heavy atom. The first-order valence-electron chi connectivity index (χ1n) is 9.51. The van der Waals surface area contributed by atoms with Crippen molar-refractivity contribution in [1.82, 2.24) is 14.5 Å². The van der Waals surface area contributed by atoms with E-state index in [2.05, 4.69) is 5.32 Å². The van der Waals surface area contributed by atoms with E-state index in [4.69, 9.17) is 9.15 Å². The van der Waals surface area contributed by atoms with Crippen LogP contribution in [0.4, 0.5) is 0 Å². The Bertz CT molecular complexity index is 889. The summed E-state index contributed by atoms with van der Waals surface area (Å²) in [5.74, 6) is 0.727. The summed E-state index contributed by atoms with van der Waals surface area (Å²) in [5.41, 5.74) is 0.470. The quantitative estimate of drug-likeness (QED) is 0.612. The third kappa shape index (κ3) is 5.31. The van der Waals surface area contributed by atoms with E-state index in [-0.39, 0.29) is 23.3 Å². The van der Waals surface area contributed by atoms with Crippen LogP contribution in [0.3, 0.4) is 0 Å². The average molecular weight is 422 g/mol. The lowest BCUT2D eigenvalue weighted by atomic mass is 10.1. The predicted octanol–water partition coefficient (Wildman–Crippen LogP) is 1.38. The summed E-state index contributed by atoms with van der Waals surface area (Å²) in [6, 6.07) is 9.86. The van der Waals surface area contributed by atoms with Crippen molar-refractivity contribution in [2.24, 2.45) is 0 Å². The Hall–Kier alpha value is -2.04. The first kappa shape index (κ1) is 21.7. The number of ether oxygens (including phenoxy) is 1. The maximum absolute atomic E-state index is 12.7. The molecule has 29 heavy (non-hydrogen) atoms. The van der Waals surface area contributed by atoms with Crippen LogP contribution in [0.15, 0.2) is 52.0 Å². The predicted molar refractivity (Wildman–Crippen MR) is 108 cm³/mol. The van der Waals surface area contributed by atoms with Crippen molar-refractivity contribution in [1.29, 1.82) is 0 Å². The highest BCUT2D eigenvalue weighted by atomic mass is 32.2. The lowest BCUT2D eigenvalue weighted by Gasteiger charge is -2.26. The minimum atomic E-state index is -3.56. The number of furan rings is 1. The van der Waals surface area contributed by atoms with E-state index < -0.39 is 10.0 Å². The highest BCUT2D eigenvalue weighted by Gasteiger charge is 2.26. The molecule has 0 spiro atoms. The summed E-state index contributed by atoms with van der Waals surface area (Å²) < 4.78 is 37.4. The van der Waals surface area contributed by atoms with Gasteiger partial charge in [0, 0.05) is 25.2 Å². The Morgan fingerprint density at radius 1 is 1.17 bits per heavy atom. The van der Waals surface area contributed by atoms with Crippen LogP contribution in [-0.2, 0) is 14.8 Å². The minimum absolute atomic E-state index is 0.0128. The van der Waals surface area contributed by atoms with E-state index in [0.29, 0.717) is 38.4 Å². The molecular weight excluding hydrogens is 394 g/mol. The zero-order chi connectivity index (χ0) is 20.9. The number of hydrogen-bond acceptors (Lipinski definition) is 7. The van der Waals surface area contributed by atoms with Gasteiger partial charge in [-0.1, -0.05) is 12.1 Å². The van der Waals surface area contributed by atoms with Gasteiger partial charge in [-0.3, -0.25) is 9.69 Å². The van der Waals surface area contributed by atoms with Gasteiger partial charge in [0.1, 0.15) is 5.76 Å². The van der Waals surface area contributed by atoms with E-state index in [1.807, 2.05) is 31.1 Å². The molecule has 0 saturated carbocycles. The van der Waals surface area contributed by atoms with E-state index in [1.165, 1.54) is 16.4 Å². The maximum atomic E-state index is 12.7. The zero-order valence-corrected chi connectivity index (χ0v) is 17.5. The number of morpholine rings is 1. The first-order chi connectivity index (χ1) is 13.9. The number of likely N-dealkylation sites (N-methyl/N-ethyl adjacent to an activating group) is 1. The van der Waals surface area contributed by atoms with Crippen LogP contribution in [-0.4, -0.2) is 76.9 Å². The van der Waals surface area contributed by atoms with Crippen molar-refractivity contribution in [3.63, 3.8) is 0 Å². The van der Waals surface area contributed by atoms with Gasteiger partial charge < -0.3 is 14.5 Å². The number of nitrogens with zero attached hydrogens (tertiary/aromatic N) is 2. The van der Waals surface area contributed by atoms with Crippen molar-refractivity contribution in [3.8, 4) is 0 Å². The summed E-state index contributed by atoms with van der Waals surface area (Å²) in [5, 5.41) is 3.16. The molecule has 1 aliphatic heterocycles. The summed E-state index contributed by atoms with van der Waals surface area (Å²) in [4.78, 5) is 14.7. The Kier molecular flexibility index (Phi) is 7.20. The Balaban J connectivity index is 1.57. The number of benzene rings is 1. The van der Waals surface area contributed by atoms with Crippen LogP contribution in [0.1, 0.15) is 22.2 Å². The lowest BCUT2D eigenvalue weighted by molar-refractivity contribution is 0.0730. The highest BCUT2D eigenvalue weighted by Crippen LogP contribution is 2.19. The van der Waals surface area contributed by atoms with Crippen LogP contribution in [0.5, 0.6) is 0 Å². The molecule has 0 aliphatic carbocycles. The minimum Gasteiger partial charge on any atom is -0.468 e. The van der Waals surface area contributed by atoms with E-state index in [0.717, 1.165) is 5.76 Å². The number of sulfonamides is 1. The van der Waals surface area contributed by atoms with Crippen LogP contribution >= 0.6 is 0 Å². The van der Waals surface area contributed by atoms with Gasteiger partial charge >= 0.3 is 0 Å². The van der Waals surface area contributed by atoms with Crippen molar-refractivity contribution < 1.29 is 22.4 Å². The van der Waals surface area contributed by atoms with Gasteiger partial charge in [0.05, 0.1) is 37.0 Å². The molecule has 1 aliphatic rings. The number of rotatable bonds is 9. The molecule has 1 N–H and O–H groups in total. The van der Waals surface area contributed by atoms with Gasteiger partial charge in [-0.2, -0.15) is 4.31 Å². The molecule has 2 heterocycles. The molecule has 1 saturated heterocycles. The molecule has 3 rings (SSSR count). The number of Topliss-reactive ketones (excluding diaryl/α,β-unsaturated/α-hetero) is 1. The monoisotopic (exact) mass is 421 g/mol. The molecule has 9 heteroatoms. The van der Waals surface area contributed by atoms with Crippen LogP contribution < -0.4 is 5.32 Å². The molecule has 1 fully saturated rings. The van der Waals surface area contributed by atoms with Gasteiger partial charge in [-0.25, -0.2) is 8.42 Å². The molecule has 1 aromatic carbocycles. The van der Waals surface area contributed by atoms with E-state index in [1.54, 1.807) is 18.4 Å². The topological polar surface area (TPSA) is 92.1 Å².